The van der Waals surface area contributed by atoms with E-state index >= 15 is 0 Å². The van der Waals surface area contributed by atoms with Crippen LogP contribution in [-0.2, 0) is 9.59 Å². The van der Waals surface area contributed by atoms with Crippen LogP contribution in [0, 0.1) is 0 Å². The lowest BCUT2D eigenvalue weighted by molar-refractivity contribution is -0.134. The van der Waals surface area contributed by atoms with Crippen LogP contribution in [0.25, 0.3) is 0 Å². The van der Waals surface area contributed by atoms with Crippen LogP contribution in [0.1, 0.15) is 37.2 Å². The summed E-state index contributed by atoms with van der Waals surface area (Å²) >= 11 is 0. The number of piperidine rings is 1. The number of piperazine rings is 1. The molecule has 3 rings (SSSR count). The molecule has 0 bridgehead atoms. The standard InChI is InChI=1S/C16H21N5O3.C2H6/c1-20-6-8-21(9-7-20)11-2-3-12(17-10-11)15(23)18-13-4-5-14(22)19-16(13)24;1-2/h2-3,10,13H,4-9H2,1H3,(H,18,23)(H,19,22,24);1-2H3. The molecule has 1 unspecified atom stereocenters. The number of anilines is 1. The van der Waals surface area contributed by atoms with Crippen molar-refractivity contribution in [1.82, 2.24) is 20.5 Å². The first-order valence-corrected chi connectivity index (χ1v) is 9.07. The van der Waals surface area contributed by atoms with Crippen molar-refractivity contribution in [3.8, 4) is 0 Å². The Hall–Kier alpha value is -2.48. The van der Waals surface area contributed by atoms with E-state index in [1.807, 2.05) is 19.9 Å². The molecule has 2 saturated heterocycles. The fraction of sp³-hybridized carbons (Fsp3) is 0.556. The molecule has 8 heteroatoms. The summed E-state index contributed by atoms with van der Waals surface area (Å²) in [5, 5.41) is 4.84. The Kier molecular flexibility index (Phi) is 7.08. The van der Waals surface area contributed by atoms with Gasteiger partial charge in [-0.2, -0.15) is 0 Å². The van der Waals surface area contributed by atoms with E-state index in [1.165, 1.54) is 0 Å². The average molecular weight is 361 g/mol. The van der Waals surface area contributed by atoms with Gasteiger partial charge < -0.3 is 15.1 Å². The molecule has 0 aromatic carbocycles. The number of nitrogens with one attached hydrogen (secondary N) is 2. The number of carbonyl (C=O) groups excluding carboxylic acids is 3. The van der Waals surface area contributed by atoms with Crippen molar-refractivity contribution in [1.29, 1.82) is 0 Å². The van der Waals surface area contributed by atoms with Gasteiger partial charge in [0.2, 0.25) is 11.8 Å². The molecule has 0 saturated carbocycles. The second-order valence-electron chi connectivity index (χ2n) is 6.17. The van der Waals surface area contributed by atoms with Crippen LogP contribution < -0.4 is 15.5 Å². The Bertz CT molecular complexity index is 639. The SMILES string of the molecule is CC.CN1CCN(c2ccc(C(=O)NC3CCC(=O)NC3=O)nc2)CC1. The number of hydrogen-bond donors (Lipinski definition) is 2. The largest absolute Gasteiger partial charge is 0.368 e. The average Bonchev–Trinajstić information content (AvgIpc) is 2.66. The summed E-state index contributed by atoms with van der Waals surface area (Å²) in [6, 6.07) is 2.85. The molecule has 2 N–H and O–H groups in total. The summed E-state index contributed by atoms with van der Waals surface area (Å²) in [5.74, 6) is -1.18. The van der Waals surface area contributed by atoms with Gasteiger partial charge in [-0.1, -0.05) is 13.8 Å². The van der Waals surface area contributed by atoms with Crippen LogP contribution in [0.5, 0.6) is 0 Å². The molecule has 1 aromatic rings. The molecule has 3 heterocycles. The van der Waals surface area contributed by atoms with Crippen molar-refractivity contribution in [2.75, 3.05) is 38.1 Å². The number of carbonyl (C=O) groups is 3. The molecule has 142 valence electrons. The summed E-state index contributed by atoms with van der Waals surface area (Å²) < 4.78 is 0. The van der Waals surface area contributed by atoms with Gasteiger partial charge in [0.05, 0.1) is 11.9 Å². The highest BCUT2D eigenvalue weighted by molar-refractivity contribution is 6.03. The van der Waals surface area contributed by atoms with Crippen molar-refractivity contribution < 1.29 is 14.4 Å². The Morgan fingerprint density at radius 1 is 1.19 bits per heavy atom. The molecular formula is C18H27N5O3. The van der Waals surface area contributed by atoms with Crippen molar-refractivity contribution in [2.24, 2.45) is 0 Å². The van der Waals surface area contributed by atoms with Gasteiger partial charge in [-0.15, -0.1) is 0 Å². The Labute approximate surface area is 153 Å². The van der Waals surface area contributed by atoms with E-state index in [-0.39, 0.29) is 18.0 Å². The second-order valence-corrected chi connectivity index (χ2v) is 6.17. The third-order valence-corrected chi connectivity index (χ3v) is 4.39. The summed E-state index contributed by atoms with van der Waals surface area (Å²) in [7, 11) is 2.10. The molecule has 2 aliphatic rings. The zero-order valence-electron chi connectivity index (χ0n) is 15.6. The minimum atomic E-state index is -0.686. The number of imide groups is 1. The van der Waals surface area contributed by atoms with Gasteiger partial charge >= 0.3 is 0 Å². The summed E-state index contributed by atoms with van der Waals surface area (Å²) in [6.07, 6.45) is 2.23. The zero-order chi connectivity index (χ0) is 19.1. The maximum atomic E-state index is 12.2. The third-order valence-electron chi connectivity index (χ3n) is 4.39. The van der Waals surface area contributed by atoms with Crippen molar-refractivity contribution >= 4 is 23.4 Å². The number of aromatic nitrogens is 1. The molecule has 2 aliphatic heterocycles. The first kappa shape index (κ1) is 19.8. The van der Waals surface area contributed by atoms with E-state index < -0.39 is 17.9 Å². The number of pyridine rings is 1. The monoisotopic (exact) mass is 361 g/mol. The lowest BCUT2D eigenvalue weighted by Crippen LogP contribution is -2.52. The first-order chi connectivity index (χ1) is 12.5. The predicted molar refractivity (Wildman–Crippen MR) is 98.9 cm³/mol. The fourth-order valence-corrected chi connectivity index (χ4v) is 2.84. The van der Waals surface area contributed by atoms with E-state index in [4.69, 9.17) is 0 Å². The van der Waals surface area contributed by atoms with E-state index in [0.29, 0.717) is 6.42 Å². The minimum Gasteiger partial charge on any atom is -0.368 e. The zero-order valence-corrected chi connectivity index (χ0v) is 15.6. The van der Waals surface area contributed by atoms with Crippen LogP contribution in [0.15, 0.2) is 18.3 Å². The van der Waals surface area contributed by atoms with Gasteiger partial charge in [-0.05, 0) is 25.6 Å². The molecule has 1 atom stereocenters. The van der Waals surface area contributed by atoms with Crippen molar-refractivity contribution in [3.05, 3.63) is 24.0 Å². The molecule has 0 spiro atoms. The van der Waals surface area contributed by atoms with Crippen LogP contribution >= 0.6 is 0 Å². The molecule has 0 aliphatic carbocycles. The van der Waals surface area contributed by atoms with Gasteiger partial charge in [0, 0.05) is 32.6 Å². The van der Waals surface area contributed by atoms with E-state index in [2.05, 4.69) is 32.5 Å². The van der Waals surface area contributed by atoms with E-state index in [0.717, 1.165) is 31.9 Å². The molecular weight excluding hydrogens is 334 g/mol. The van der Waals surface area contributed by atoms with Crippen LogP contribution in [-0.4, -0.2) is 66.9 Å². The number of rotatable bonds is 3. The highest BCUT2D eigenvalue weighted by Gasteiger charge is 2.28. The lowest BCUT2D eigenvalue weighted by Gasteiger charge is -2.33. The second kappa shape index (κ2) is 9.28. The predicted octanol–water partition coefficient (Wildman–Crippen LogP) is 0.395. The summed E-state index contributed by atoms with van der Waals surface area (Å²) in [5.41, 5.74) is 1.25. The van der Waals surface area contributed by atoms with Gasteiger partial charge in [0.1, 0.15) is 11.7 Å². The van der Waals surface area contributed by atoms with Crippen molar-refractivity contribution in [2.45, 2.75) is 32.7 Å². The van der Waals surface area contributed by atoms with Crippen LogP contribution in [0.2, 0.25) is 0 Å². The molecule has 2 fully saturated rings. The minimum absolute atomic E-state index is 0.229. The van der Waals surface area contributed by atoms with E-state index in [9.17, 15) is 14.4 Å². The van der Waals surface area contributed by atoms with Crippen molar-refractivity contribution in [3.63, 3.8) is 0 Å². The Morgan fingerprint density at radius 3 is 2.46 bits per heavy atom. The van der Waals surface area contributed by atoms with Crippen LogP contribution in [0.3, 0.4) is 0 Å². The topological polar surface area (TPSA) is 94.6 Å². The molecule has 1 aromatic heterocycles. The van der Waals surface area contributed by atoms with Crippen LogP contribution in [0.4, 0.5) is 5.69 Å². The summed E-state index contributed by atoms with van der Waals surface area (Å²) in [4.78, 5) is 43.7. The van der Waals surface area contributed by atoms with E-state index in [1.54, 1.807) is 12.3 Å². The number of hydrogen-bond acceptors (Lipinski definition) is 6. The van der Waals surface area contributed by atoms with Gasteiger partial charge in [0.15, 0.2) is 0 Å². The number of nitrogens with zero attached hydrogens (tertiary/aromatic N) is 3. The Balaban J connectivity index is 0.00000117. The number of likely N-dealkylation sites (N-methyl/N-ethyl adjacent to an activating group) is 1. The number of amides is 3. The normalized spacial score (nSPS) is 20.7. The summed E-state index contributed by atoms with van der Waals surface area (Å²) in [6.45, 7) is 7.86. The smallest absolute Gasteiger partial charge is 0.270 e. The van der Waals surface area contributed by atoms with Gasteiger partial charge in [-0.3, -0.25) is 19.7 Å². The first-order valence-electron chi connectivity index (χ1n) is 9.07. The Morgan fingerprint density at radius 2 is 1.88 bits per heavy atom. The molecule has 0 radical (unpaired) electrons. The fourth-order valence-electron chi connectivity index (χ4n) is 2.84. The van der Waals surface area contributed by atoms with Gasteiger partial charge in [0.25, 0.3) is 5.91 Å². The lowest BCUT2D eigenvalue weighted by atomic mass is 10.1. The quantitative estimate of drug-likeness (QED) is 0.757. The maximum absolute atomic E-state index is 12.2. The molecule has 8 nitrogen and oxygen atoms in total. The van der Waals surface area contributed by atoms with Gasteiger partial charge in [-0.25, -0.2) is 4.98 Å². The third kappa shape index (κ3) is 5.01. The highest BCUT2D eigenvalue weighted by Crippen LogP contribution is 2.15. The maximum Gasteiger partial charge on any atom is 0.270 e. The molecule has 3 amide bonds. The highest BCUT2D eigenvalue weighted by atomic mass is 16.2. The molecule has 26 heavy (non-hydrogen) atoms.